The van der Waals surface area contributed by atoms with Gasteiger partial charge in [0.1, 0.15) is 16.1 Å². The van der Waals surface area contributed by atoms with Gasteiger partial charge in [-0.05, 0) is 34.0 Å². The van der Waals surface area contributed by atoms with Crippen molar-refractivity contribution in [1.82, 2.24) is 9.38 Å². The number of hydrogen-bond donors (Lipinski definition) is 1. The van der Waals surface area contributed by atoms with Crippen LogP contribution in [0.1, 0.15) is 30.2 Å². The summed E-state index contributed by atoms with van der Waals surface area (Å²) in [5, 5.41) is 9.19. The molecule has 0 aliphatic carbocycles. The van der Waals surface area contributed by atoms with Crippen molar-refractivity contribution in [3.05, 3.63) is 34.3 Å². The molecule has 0 bridgehead atoms. The van der Waals surface area contributed by atoms with Crippen LogP contribution in [0.5, 0.6) is 0 Å². The molecule has 4 nitrogen and oxygen atoms in total. The van der Waals surface area contributed by atoms with Crippen LogP contribution in [0.4, 0.5) is 0 Å². The number of aromatic nitrogens is 2. The molecule has 2 aromatic rings. The average Bonchev–Trinajstić information content (AvgIpc) is 2.55. The Morgan fingerprint density at radius 1 is 1.53 bits per heavy atom. The molecule has 2 heterocycles. The van der Waals surface area contributed by atoms with Crippen LogP contribution in [0, 0.1) is 5.92 Å². The van der Waals surface area contributed by atoms with Gasteiger partial charge in [-0.3, -0.25) is 4.40 Å². The van der Waals surface area contributed by atoms with E-state index in [0.717, 1.165) is 17.8 Å². The molecule has 0 unspecified atom stereocenters. The summed E-state index contributed by atoms with van der Waals surface area (Å²) in [6.07, 6.45) is 0.747. The van der Waals surface area contributed by atoms with E-state index in [2.05, 4.69) is 34.8 Å². The van der Waals surface area contributed by atoms with Crippen LogP contribution in [0.3, 0.4) is 0 Å². The third-order valence-electron chi connectivity index (χ3n) is 2.50. The van der Waals surface area contributed by atoms with Crippen molar-refractivity contribution >= 4 is 27.4 Å². The SMILES string of the molecule is CC(C)Cc1nc(Br)c2cccc(C(=O)O)n12. The van der Waals surface area contributed by atoms with Crippen molar-refractivity contribution in [1.29, 1.82) is 0 Å². The minimum atomic E-state index is -0.939. The molecule has 0 aliphatic heterocycles. The minimum absolute atomic E-state index is 0.247. The summed E-state index contributed by atoms with van der Waals surface area (Å²) in [6, 6.07) is 5.17. The molecule has 90 valence electrons. The van der Waals surface area contributed by atoms with Gasteiger partial charge in [0.05, 0.1) is 5.52 Å². The highest BCUT2D eigenvalue weighted by Crippen LogP contribution is 2.22. The molecule has 1 N–H and O–H groups in total. The Morgan fingerprint density at radius 2 is 2.24 bits per heavy atom. The molecule has 0 amide bonds. The third-order valence-corrected chi connectivity index (χ3v) is 3.08. The van der Waals surface area contributed by atoms with E-state index < -0.39 is 5.97 Å². The number of carbonyl (C=O) groups is 1. The number of pyridine rings is 1. The lowest BCUT2D eigenvalue weighted by Gasteiger charge is -2.06. The zero-order valence-corrected chi connectivity index (χ0v) is 11.2. The van der Waals surface area contributed by atoms with Crippen molar-refractivity contribution in [3.63, 3.8) is 0 Å². The highest BCUT2D eigenvalue weighted by molar-refractivity contribution is 9.10. The highest BCUT2D eigenvalue weighted by Gasteiger charge is 2.16. The van der Waals surface area contributed by atoms with Crippen LogP contribution >= 0.6 is 15.9 Å². The first-order valence-electron chi connectivity index (χ1n) is 5.40. The number of halogens is 1. The Hall–Kier alpha value is -1.36. The predicted molar refractivity (Wildman–Crippen MR) is 68.4 cm³/mol. The van der Waals surface area contributed by atoms with Gasteiger partial charge >= 0.3 is 5.97 Å². The van der Waals surface area contributed by atoms with Crippen LogP contribution in [0.25, 0.3) is 5.52 Å². The molecule has 5 heteroatoms. The van der Waals surface area contributed by atoms with Crippen LogP contribution in [0.2, 0.25) is 0 Å². The lowest BCUT2D eigenvalue weighted by atomic mass is 10.1. The molecule has 0 radical (unpaired) electrons. The van der Waals surface area contributed by atoms with E-state index in [1.165, 1.54) is 0 Å². The van der Waals surface area contributed by atoms with E-state index in [-0.39, 0.29) is 5.69 Å². The Kier molecular flexibility index (Phi) is 3.19. The van der Waals surface area contributed by atoms with Gasteiger partial charge in [0.15, 0.2) is 0 Å². The zero-order valence-electron chi connectivity index (χ0n) is 9.64. The lowest BCUT2D eigenvalue weighted by molar-refractivity contribution is 0.0688. The van der Waals surface area contributed by atoms with E-state index >= 15 is 0 Å². The Bertz CT molecular complexity index is 575. The molecule has 0 aromatic carbocycles. The summed E-state index contributed by atoms with van der Waals surface area (Å²) in [5.41, 5.74) is 1.04. The van der Waals surface area contributed by atoms with Gasteiger partial charge < -0.3 is 5.11 Å². The number of carboxylic acids is 1. The number of hydrogen-bond acceptors (Lipinski definition) is 2. The Labute approximate surface area is 107 Å². The molecule has 0 saturated carbocycles. The van der Waals surface area contributed by atoms with Crippen LogP contribution in [-0.2, 0) is 6.42 Å². The van der Waals surface area contributed by atoms with Crippen molar-refractivity contribution in [2.75, 3.05) is 0 Å². The summed E-state index contributed by atoms with van der Waals surface area (Å²) >= 11 is 3.37. The van der Waals surface area contributed by atoms with Crippen LogP contribution in [0.15, 0.2) is 22.8 Å². The summed E-state index contributed by atoms with van der Waals surface area (Å²) in [5.74, 6) is 0.264. The third kappa shape index (κ3) is 2.20. The minimum Gasteiger partial charge on any atom is -0.477 e. The van der Waals surface area contributed by atoms with E-state index in [0.29, 0.717) is 10.5 Å². The fraction of sp³-hybridized carbons (Fsp3) is 0.333. The number of rotatable bonds is 3. The summed E-state index contributed by atoms with van der Waals surface area (Å²) < 4.78 is 2.39. The number of fused-ring (bicyclic) bond motifs is 1. The van der Waals surface area contributed by atoms with Gasteiger partial charge in [-0.1, -0.05) is 19.9 Å². The van der Waals surface area contributed by atoms with Gasteiger partial charge in [-0.15, -0.1) is 0 Å². The van der Waals surface area contributed by atoms with Gasteiger partial charge in [0.25, 0.3) is 0 Å². The first-order valence-corrected chi connectivity index (χ1v) is 6.19. The molecule has 17 heavy (non-hydrogen) atoms. The second-order valence-corrected chi connectivity index (χ2v) is 5.10. The number of aromatic carboxylic acids is 1. The standard InChI is InChI=1S/C12H13BrN2O2/c1-7(2)6-10-14-11(13)8-4-3-5-9(12(16)17)15(8)10/h3-5,7H,6H2,1-2H3,(H,16,17). The molecule has 0 fully saturated rings. The van der Waals surface area contributed by atoms with Crippen LogP contribution in [-0.4, -0.2) is 20.5 Å². The average molecular weight is 297 g/mol. The fourth-order valence-corrected chi connectivity index (χ4v) is 2.35. The van der Waals surface area contributed by atoms with Crippen molar-refractivity contribution < 1.29 is 9.90 Å². The van der Waals surface area contributed by atoms with E-state index in [4.69, 9.17) is 0 Å². The summed E-state index contributed by atoms with van der Waals surface area (Å²) in [6.45, 7) is 4.16. The van der Waals surface area contributed by atoms with Gasteiger partial charge in [0, 0.05) is 6.42 Å². The maximum absolute atomic E-state index is 11.2. The summed E-state index contributed by atoms with van der Waals surface area (Å²) in [4.78, 5) is 15.6. The molecule has 2 rings (SSSR count). The maximum atomic E-state index is 11.2. The number of carboxylic acid groups (broad SMARTS) is 1. The smallest absolute Gasteiger partial charge is 0.352 e. The molecule has 0 atom stereocenters. The Balaban J connectivity index is 2.72. The first kappa shape index (κ1) is 12.1. The monoisotopic (exact) mass is 296 g/mol. The van der Waals surface area contributed by atoms with Crippen molar-refractivity contribution in [2.45, 2.75) is 20.3 Å². The fourth-order valence-electron chi connectivity index (χ4n) is 1.84. The molecule has 0 aliphatic rings. The topological polar surface area (TPSA) is 54.6 Å². The normalized spacial score (nSPS) is 11.3. The molecule has 0 saturated heterocycles. The number of nitrogens with zero attached hydrogens (tertiary/aromatic N) is 2. The molecule has 2 aromatic heterocycles. The van der Waals surface area contributed by atoms with E-state index in [1.54, 1.807) is 16.5 Å². The predicted octanol–water partition coefficient (Wildman–Crippen LogP) is 2.99. The van der Waals surface area contributed by atoms with Gasteiger partial charge in [-0.2, -0.15) is 0 Å². The molecular weight excluding hydrogens is 284 g/mol. The van der Waals surface area contributed by atoms with Crippen molar-refractivity contribution in [2.24, 2.45) is 5.92 Å². The Morgan fingerprint density at radius 3 is 2.82 bits per heavy atom. The second kappa shape index (κ2) is 4.49. The zero-order chi connectivity index (χ0) is 12.6. The maximum Gasteiger partial charge on any atom is 0.352 e. The van der Waals surface area contributed by atoms with E-state index in [1.807, 2.05) is 6.07 Å². The van der Waals surface area contributed by atoms with Crippen LogP contribution < -0.4 is 0 Å². The highest BCUT2D eigenvalue weighted by atomic mass is 79.9. The van der Waals surface area contributed by atoms with Gasteiger partial charge in [0.2, 0.25) is 0 Å². The molecule has 0 spiro atoms. The largest absolute Gasteiger partial charge is 0.477 e. The lowest BCUT2D eigenvalue weighted by Crippen LogP contribution is -2.09. The van der Waals surface area contributed by atoms with Crippen molar-refractivity contribution in [3.8, 4) is 0 Å². The van der Waals surface area contributed by atoms with Gasteiger partial charge in [-0.25, -0.2) is 9.78 Å². The summed E-state index contributed by atoms with van der Waals surface area (Å²) in [7, 11) is 0. The first-order chi connectivity index (χ1) is 8.00. The second-order valence-electron chi connectivity index (χ2n) is 4.35. The quantitative estimate of drug-likeness (QED) is 0.947. The molecular formula is C12H13BrN2O2. The number of imidazole rings is 1. The van der Waals surface area contributed by atoms with E-state index in [9.17, 15) is 9.90 Å².